The van der Waals surface area contributed by atoms with Gasteiger partial charge in [0.2, 0.25) is 5.72 Å². The Bertz CT molecular complexity index is 1100. The maximum absolute atomic E-state index is 11.7. The second-order valence-electron chi connectivity index (χ2n) is 10.9. The molecule has 3 fully saturated rings. The molecule has 11 heteroatoms. The third-order valence-electron chi connectivity index (χ3n) is 7.69. The van der Waals surface area contributed by atoms with E-state index in [0.717, 1.165) is 25.8 Å². The monoisotopic (exact) mass is 502 g/mol. The third-order valence-corrected chi connectivity index (χ3v) is 7.69. The zero-order valence-electron chi connectivity index (χ0n) is 21.8. The van der Waals surface area contributed by atoms with E-state index in [0.29, 0.717) is 54.6 Å². The van der Waals surface area contributed by atoms with Crippen molar-refractivity contribution in [2.24, 2.45) is 5.92 Å². The van der Waals surface area contributed by atoms with Gasteiger partial charge < -0.3 is 24.7 Å². The first kappa shape index (κ1) is 25.3. The van der Waals surface area contributed by atoms with E-state index < -0.39 is 11.5 Å². The minimum absolute atomic E-state index is 0.0996. The molecule has 2 aliphatic heterocycles. The number of anilines is 1. The zero-order valence-corrected chi connectivity index (χ0v) is 21.8. The van der Waals surface area contributed by atoms with Gasteiger partial charge >= 0.3 is 5.97 Å². The van der Waals surface area contributed by atoms with Gasteiger partial charge in [-0.3, -0.25) is 14.3 Å². The van der Waals surface area contributed by atoms with Crippen molar-refractivity contribution >= 4 is 23.0 Å². The number of nitrogens with two attached hydrogens (primary N) is 1. The van der Waals surface area contributed by atoms with Gasteiger partial charge in [0.15, 0.2) is 17.3 Å². The molecular formula is C25H38N6O5. The fourth-order valence-electron chi connectivity index (χ4n) is 5.98. The lowest BCUT2D eigenvalue weighted by Gasteiger charge is -2.46. The Hall–Kier alpha value is -2.34. The van der Waals surface area contributed by atoms with E-state index in [1.807, 2.05) is 25.3 Å². The number of aromatic nitrogens is 4. The lowest BCUT2D eigenvalue weighted by Crippen LogP contribution is -2.53. The molecule has 0 bridgehead atoms. The van der Waals surface area contributed by atoms with Crippen LogP contribution in [-0.4, -0.2) is 80.2 Å². The summed E-state index contributed by atoms with van der Waals surface area (Å²) in [7, 11) is 0. The predicted molar refractivity (Wildman–Crippen MR) is 132 cm³/mol. The van der Waals surface area contributed by atoms with E-state index in [1.165, 1.54) is 6.33 Å². The molecular weight excluding hydrogens is 464 g/mol. The van der Waals surface area contributed by atoms with Crippen molar-refractivity contribution in [1.82, 2.24) is 24.4 Å². The molecule has 0 amide bonds. The standard InChI is InChI=1S/C25H38N6O5/c1-6-33-19(32)8-7-16-9-17(10-16)30(15(2)3)11-18-21-25(12-34-18,36-24(4,5)35-21)31-14-29-20-22(26)27-13-28-23(20)31/h13-18,21H,6-12H2,1-5H3,(H2,26,27,28)/t16-,17+,18-,21-,25+/m1/s1. The summed E-state index contributed by atoms with van der Waals surface area (Å²) in [4.78, 5) is 27.2. The van der Waals surface area contributed by atoms with Crippen LogP contribution in [-0.2, 0) is 29.5 Å². The molecule has 3 aliphatic rings. The lowest BCUT2D eigenvalue weighted by atomic mass is 9.76. The second kappa shape index (κ2) is 9.51. The predicted octanol–water partition coefficient (Wildman–Crippen LogP) is 2.44. The number of nitrogen functional groups attached to an aromatic ring is 1. The molecule has 1 saturated carbocycles. The first-order chi connectivity index (χ1) is 17.1. The maximum atomic E-state index is 11.7. The summed E-state index contributed by atoms with van der Waals surface area (Å²) >= 11 is 0. The van der Waals surface area contributed by atoms with Crippen LogP contribution in [0.5, 0.6) is 0 Å². The molecule has 0 unspecified atom stereocenters. The van der Waals surface area contributed by atoms with Gasteiger partial charge in [-0.2, -0.15) is 0 Å². The Morgan fingerprint density at radius 1 is 1.31 bits per heavy atom. The SMILES string of the molecule is CCOC(=O)CC[C@H]1C[C@@H](N(C[C@H]2OC[C@]3(n4cnc5c(N)ncnc54)OC(C)(C)O[C@H]23)C(C)C)C1. The molecule has 36 heavy (non-hydrogen) atoms. The van der Waals surface area contributed by atoms with Gasteiger partial charge in [-0.05, 0) is 59.8 Å². The second-order valence-corrected chi connectivity index (χ2v) is 10.9. The Kier molecular flexibility index (Phi) is 6.69. The minimum Gasteiger partial charge on any atom is -0.466 e. The molecule has 0 aromatic carbocycles. The maximum Gasteiger partial charge on any atom is 0.305 e. The van der Waals surface area contributed by atoms with Crippen LogP contribution in [0.3, 0.4) is 0 Å². The smallest absolute Gasteiger partial charge is 0.305 e. The van der Waals surface area contributed by atoms with Crippen molar-refractivity contribution in [2.45, 2.75) is 96.1 Å². The van der Waals surface area contributed by atoms with Crippen LogP contribution in [0.4, 0.5) is 5.82 Å². The van der Waals surface area contributed by atoms with E-state index in [1.54, 1.807) is 6.33 Å². The van der Waals surface area contributed by atoms with E-state index >= 15 is 0 Å². The average molecular weight is 503 g/mol. The average Bonchev–Trinajstić information content (AvgIpc) is 3.42. The summed E-state index contributed by atoms with van der Waals surface area (Å²) in [6.45, 7) is 11.6. The van der Waals surface area contributed by atoms with Crippen LogP contribution in [0.2, 0.25) is 0 Å². The molecule has 2 aromatic rings. The quantitative estimate of drug-likeness (QED) is 0.511. The van der Waals surface area contributed by atoms with Crippen molar-refractivity contribution in [3.05, 3.63) is 12.7 Å². The van der Waals surface area contributed by atoms with Gasteiger partial charge in [-0.15, -0.1) is 0 Å². The lowest BCUT2D eigenvalue weighted by molar-refractivity contribution is -0.206. The fraction of sp³-hybridized carbons (Fsp3) is 0.760. The van der Waals surface area contributed by atoms with Crippen LogP contribution in [0.25, 0.3) is 11.2 Å². The summed E-state index contributed by atoms with van der Waals surface area (Å²) < 4.78 is 26.3. The molecule has 2 N–H and O–H groups in total. The molecule has 4 heterocycles. The number of esters is 1. The number of ether oxygens (including phenoxy) is 4. The van der Waals surface area contributed by atoms with Crippen molar-refractivity contribution in [2.75, 3.05) is 25.5 Å². The highest BCUT2D eigenvalue weighted by Gasteiger charge is 2.63. The number of nitrogens with zero attached hydrogens (tertiary/aromatic N) is 5. The molecule has 0 radical (unpaired) electrons. The number of fused-ring (bicyclic) bond motifs is 2. The van der Waals surface area contributed by atoms with Gasteiger partial charge in [-0.25, -0.2) is 15.0 Å². The molecule has 0 spiro atoms. The number of hydrogen-bond acceptors (Lipinski definition) is 10. The van der Waals surface area contributed by atoms with Crippen LogP contribution >= 0.6 is 0 Å². The molecule has 5 rings (SSSR count). The van der Waals surface area contributed by atoms with Gasteiger partial charge in [0, 0.05) is 25.0 Å². The summed E-state index contributed by atoms with van der Waals surface area (Å²) in [6.07, 6.45) is 6.13. The Morgan fingerprint density at radius 2 is 2.08 bits per heavy atom. The van der Waals surface area contributed by atoms with Crippen LogP contribution in [0, 0.1) is 5.92 Å². The topological polar surface area (TPSA) is 127 Å². The Balaban J connectivity index is 1.31. The molecule has 11 nitrogen and oxygen atoms in total. The summed E-state index contributed by atoms with van der Waals surface area (Å²) in [6, 6.07) is 0.796. The summed E-state index contributed by atoms with van der Waals surface area (Å²) in [5, 5.41) is 0. The molecule has 3 atom stereocenters. The van der Waals surface area contributed by atoms with Gasteiger partial charge in [0.05, 0.1) is 19.5 Å². The highest BCUT2D eigenvalue weighted by molar-refractivity contribution is 5.81. The van der Waals surface area contributed by atoms with Crippen molar-refractivity contribution < 1.29 is 23.7 Å². The summed E-state index contributed by atoms with van der Waals surface area (Å²) in [5.74, 6) is -0.0120. The fourth-order valence-corrected chi connectivity index (χ4v) is 5.98. The number of carbonyl (C=O) groups is 1. The number of hydrogen-bond donors (Lipinski definition) is 1. The van der Waals surface area contributed by atoms with E-state index in [2.05, 4.69) is 33.7 Å². The van der Waals surface area contributed by atoms with Gasteiger partial charge in [0.25, 0.3) is 0 Å². The van der Waals surface area contributed by atoms with Crippen LogP contribution in [0.15, 0.2) is 12.7 Å². The molecule has 198 valence electrons. The Labute approximate surface area is 211 Å². The Morgan fingerprint density at radius 3 is 2.81 bits per heavy atom. The van der Waals surface area contributed by atoms with Crippen molar-refractivity contribution in [3.63, 3.8) is 0 Å². The summed E-state index contributed by atoms with van der Waals surface area (Å²) in [5.41, 5.74) is 6.28. The van der Waals surface area contributed by atoms with E-state index in [-0.39, 0.29) is 18.2 Å². The van der Waals surface area contributed by atoms with Crippen molar-refractivity contribution in [3.8, 4) is 0 Å². The van der Waals surface area contributed by atoms with Crippen LogP contribution in [0.1, 0.15) is 60.3 Å². The van der Waals surface area contributed by atoms with Crippen molar-refractivity contribution in [1.29, 1.82) is 0 Å². The molecule has 2 aromatic heterocycles. The van der Waals surface area contributed by atoms with Gasteiger partial charge in [0.1, 0.15) is 24.1 Å². The number of rotatable bonds is 9. The zero-order chi connectivity index (χ0) is 25.7. The number of carbonyl (C=O) groups excluding carboxylic acids is 1. The van der Waals surface area contributed by atoms with E-state index in [4.69, 9.17) is 24.7 Å². The normalized spacial score (nSPS) is 31.2. The first-order valence-corrected chi connectivity index (χ1v) is 13.0. The molecule has 1 aliphatic carbocycles. The highest BCUT2D eigenvalue weighted by atomic mass is 16.8. The highest BCUT2D eigenvalue weighted by Crippen LogP contribution is 2.48. The first-order valence-electron chi connectivity index (χ1n) is 13.0. The largest absolute Gasteiger partial charge is 0.466 e. The van der Waals surface area contributed by atoms with Gasteiger partial charge in [-0.1, -0.05) is 0 Å². The number of imidazole rings is 1. The van der Waals surface area contributed by atoms with Crippen LogP contribution < -0.4 is 5.73 Å². The molecule has 2 saturated heterocycles. The van der Waals surface area contributed by atoms with E-state index in [9.17, 15) is 4.79 Å². The minimum atomic E-state index is -0.895. The third kappa shape index (κ3) is 4.46.